The average Bonchev–Trinajstić information content (AvgIpc) is 2.72. The fourth-order valence-electron chi connectivity index (χ4n) is 3.66. The van der Waals surface area contributed by atoms with E-state index in [0.29, 0.717) is 18.9 Å². The van der Waals surface area contributed by atoms with Gasteiger partial charge < -0.3 is 15.2 Å². The molecule has 0 bridgehead atoms. The Morgan fingerprint density at radius 2 is 1.89 bits per heavy atom. The van der Waals surface area contributed by atoms with Crippen molar-refractivity contribution in [2.45, 2.75) is 32.7 Å². The number of nitrogens with zero attached hydrogens (tertiary/aromatic N) is 1. The molecular weight excluding hydrogens is 352 g/mol. The first kappa shape index (κ1) is 20.2. The van der Waals surface area contributed by atoms with Gasteiger partial charge in [0.15, 0.2) is 11.5 Å². The molecule has 1 heterocycles. The van der Waals surface area contributed by atoms with Crippen molar-refractivity contribution >= 4 is 5.91 Å². The highest BCUT2D eigenvalue weighted by atomic mass is 16.5. The van der Waals surface area contributed by atoms with Gasteiger partial charge in [0.05, 0.1) is 6.61 Å². The van der Waals surface area contributed by atoms with Gasteiger partial charge in [-0.3, -0.25) is 9.69 Å². The molecule has 150 valence electrons. The Morgan fingerprint density at radius 3 is 2.61 bits per heavy atom. The molecule has 2 aromatic carbocycles. The number of ether oxygens (including phenoxy) is 1. The predicted octanol–water partition coefficient (Wildman–Crippen LogP) is 3.36. The minimum absolute atomic E-state index is 0.103. The van der Waals surface area contributed by atoms with Gasteiger partial charge in [-0.2, -0.15) is 0 Å². The normalized spacial score (nSPS) is 15.3. The quantitative estimate of drug-likeness (QED) is 0.735. The van der Waals surface area contributed by atoms with E-state index in [1.807, 2.05) is 37.3 Å². The maximum atomic E-state index is 12.4. The SMILES string of the molecule is CCOc1cc(CN2CCC(C(=O)NCCc3ccccc3)CC2)ccc1O. The summed E-state index contributed by atoms with van der Waals surface area (Å²) < 4.78 is 5.46. The molecule has 0 aromatic heterocycles. The molecule has 1 amide bonds. The zero-order valence-corrected chi connectivity index (χ0v) is 16.6. The monoisotopic (exact) mass is 382 g/mol. The molecule has 0 aliphatic carbocycles. The van der Waals surface area contributed by atoms with Crippen LogP contribution in [0.25, 0.3) is 0 Å². The van der Waals surface area contributed by atoms with Crippen molar-refractivity contribution in [2.75, 3.05) is 26.2 Å². The maximum Gasteiger partial charge on any atom is 0.223 e. The van der Waals surface area contributed by atoms with Crippen molar-refractivity contribution < 1.29 is 14.6 Å². The topological polar surface area (TPSA) is 61.8 Å². The zero-order valence-electron chi connectivity index (χ0n) is 16.6. The van der Waals surface area contributed by atoms with Crippen molar-refractivity contribution in [1.29, 1.82) is 0 Å². The lowest BCUT2D eigenvalue weighted by Crippen LogP contribution is -2.40. The largest absolute Gasteiger partial charge is 0.504 e. The lowest BCUT2D eigenvalue weighted by Gasteiger charge is -2.31. The molecular formula is C23H30N2O3. The number of carbonyl (C=O) groups excluding carboxylic acids is 1. The molecule has 2 N–H and O–H groups in total. The standard InChI is InChI=1S/C23H30N2O3/c1-2-28-22-16-19(8-9-21(22)26)17-25-14-11-20(12-15-25)23(27)24-13-10-18-6-4-3-5-7-18/h3-9,16,20,26H,2,10-15,17H2,1H3,(H,24,27). The van der Waals surface area contributed by atoms with E-state index in [2.05, 4.69) is 22.3 Å². The fraction of sp³-hybridized carbons (Fsp3) is 0.435. The molecule has 28 heavy (non-hydrogen) atoms. The van der Waals surface area contributed by atoms with Crippen molar-refractivity contribution in [3.8, 4) is 11.5 Å². The third-order valence-corrected chi connectivity index (χ3v) is 5.24. The predicted molar refractivity (Wildman–Crippen MR) is 110 cm³/mol. The van der Waals surface area contributed by atoms with E-state index in [1.165, 1.54) is 5.56 Å². The minimum atomic E-state index is 0.103. The van der Waals surface area contributed by atoms with Crippen LogP contribution in [-0.4, -0.2) is 42.2 Å². The number of benzene rings is 2. The number of hydrogen-bond acceptors (Lipinski definition) is 4. The summed E-state index contributed by atoms with van der Waals surface area (Å²) in [4.78, 5) is 14.8. The number of phenols is 1. The second-order valence-corrected chi connectivity index (χ2v) is 7.31. The lowest BCUT2D eigenvalue weighted by atomic mass is 9.95. The first-order chi connectivity index (χ1) is 13.7. The van der Waals surface area contributed by atoms with Crippen LogP contribution in [0.15, 0.2) is 48.5 Å². The van der Waals surface area contributed by atoms with Crippen molar-refractivity contribution in [2.24, 2.45) is 5.92 Å². The van der Waals surface area contributed by atoms with Gasteiger partial charge in [-0.15, -0.1) is 0 Å². The number of aromatic hydroxyl groups is 1. The van der Waals surface area contributed by atoms with Crippen LogP contribution in [0.5, 0.6) is 11.5 Å². The Labute approximate surface area is 167 Å². The summed E-state index contributed by atoms with van der Waals surface area (Å²) in [6.07, 6.45) is 2.63. The lowest BCUT2D eigenvalue weighted by molar-refractivity contribution is -0.126. The van der Waals surface area contributed by atoms with E-state index in [1.54, 1.807) is 6.07 Å². The Kier molecular flexibility index (Phi) is 7.31. The molecule has 0 atom stereocenters. The Balaban J connectivity index is 1.41. The van der Waals surface area contributed by atoms with Crippen LogP contribution in [0.2, 0.25) is 0 Å². The molecule has 1 fully saturated rings. The number of carbonyl (C=O) groups is 1. The summed E-state index contributed by atoms with van der Waals surface area (Å²) >= 11 is 0. The van der Waals surface area contributed by atoms with Gasteiger partial charge in [0, 0.05) is 19.0 Å². The van der Waals surface area contributed by atoms with Gasteiger partial charge in [0.25, 0.3) is 0 Å². The number of amides is 1. The van der Waals surface area contributed by atoms with Crippen LogP contribution in [0.4, 0.5) is 0 Å². The number of rotatable bonds is 8. The van der Waals surface area contributed by atoms with Gasteiger partial charge in [0.1, 0.15) is 0 Å². The number of likely N-dealkylation sites (tertiary alicyclic amines) is 1. The highest BCUT2D eigenvalue weighted by Crippen LogP contribution is 2.28. The Bertz CT molecular complexity index is 756. The Hall–Kier alpha value is -2.53. The van der Waals surface area contributed by atoms with Crippen LogP contribution in [0.3, 0.4) is 0 Å². The molecule has 3 rings (SSSR count). The third kappa shape index (κ3) is 5.73. The van der Waals surface area contributed by atoms with E-state index in [-0.39, 0.29) is 17.6 Å². The van der Waals surface area contributed by atoms with Crippen molar-refractivity contribution in [3.63, 3.8) is 0 Å². The molecule has 1 aliphatic heterocycles. The maximum absolute atomic E-state index is 12.4. The fourth-order valence-corrected chi connectivity index (χ4v) is 3.66. The van der Waals surface area contributed by atoms with E-state index in [4.69, 9.17) is 4.74 Å². The first-order valence-corrected chi connectivity index (χ1v) is 10.1. The first-order valence-electron chi connectivity index (χ1n) is 10.1. The highest BCUT2D eigenvalue weighted by molar-refractivity contribution is 5.78. The molecule has 5 nitrogen and oxygen atoms in total. The summed E-state index contributed by atoms with van der Waals surface area (Å²) in [6.45, 7) is 5.74. The van der Waals surface area contributed by atoms with E-state index >= 15 is 0 Å². The van der Waals surface area contributed by atoms with Crippen LogP contribution in [-0.2, 0) is 17.8 Å². The summed E-state index contributed by atoms with van der Waals surface area (Å²) in [5.41, 5.74) is 2.37. The van der Waals surface area contributed by atoms with Gasteiger partial charge in [-0.05, 0) is 62.5 Å². The molecule has 0 unspecified atom stereocenters. The molecule has 0 radical (unpaired) electrons. The summed E-state index contributed by atoms with van der Waals surface area (Å²) in [5.74, 6) is 0.994. The number of phenolic OH excluding ortho intramolecular Hbond substituents is 1. The van der Waals surface area contributed by atoms with Crippen LogP contribution in [0.1, 0.15) is 30.9 Å². The Morgan fingerprint density at radius 1 is 1.14 bits per heavy atom. The molecule has 1 aliphatic rings. The number of nitrogens with one attached hydrogen (secondary N) is 1. The second kappa shape index (κ2) is 10.1. The van der Waals surface area contributed by atoms with Crippen LogP contribution >= 0.6 is 0 Å². The summed E-state index contributed by atoms with van der Waals surface area (Å²) in [5, 5.41) is 12.9. The van der Waals surface area contributed by atoms with E-state index < -0.39 is 0 Å². The van der Waals surface area contributed by atoms with Crippen LogP contribution in [0, 0.1) is 5.92 Å². The van der Waals surface area contributed by atoms with Crippen molar-refractivity contribution in [3.05, 3.63) is 59.7 Å². The van der Waals surface area contributed by atoms with E-state index in [9.17, 15) is 9.90 Å². The number of piperidine rings is 1. The average molecular weight is 383 g/mol. The summed E-state index contributed by atoms with van der Waals surface area (Å²) in [6, 6.07) is 15.8. The van der Waals surface area contributed by atoms with Crippen molar-refractivity contribution in [1.82, 2.24) is 10.2 Å². The highest BCUT2D eigenvalue weighted by Gasteiger charge is 2.24. The second-order valence-electron chi connectivity index (χ2n) is 7.31. The van der Waals surface area contributed by atoms with Gasteiger partial charge in [-0.1, -0.05) is 36.4 Å². The zero-order chi connectivity index (χ0) is 19.8. The smallest absolute Gasteiger partial charge is 0.223 e. The number of hydrogen-bond donors (Lipinski definition) is 2. The third-order valence-electron chi connectivity index (χ3n) is 5.24. The molecule has 0 spiro atoms. The van der Waals surface area contributed by atoms with E-state index in [0.717, 1.165) is 44.5 Å². The van der Waals surface area contributed by atoms with Crippen LogP contribution < -0.4 is 10.1 Å². The van der Waals surface area contributed by atoms with Gasteiger partial charge >= 0.3 is 0 Å². The molecule has 2 aromatic rings. The molecule has 0 saturated carbocycles. The molecule has 5 heteroatoms. The molecule has 1 saturated heterocycles. The summed E-state index contributed by atoms with van der Waals surface area (Å²) in [7, 11) is 0. The van der Waals surface area contributed by atoms with Gasteiger partial charge in [0.2, 0.25) is 5.91 Å². The van der Waals surface area contributed by atoms with Gasteiger partial charge in [-0.25, -0.2) is 0 Å². The minimum Gasteiger partial charge on any atom is -0.504 e.